The summed E-state index contributed by atoms with van der Waals surface area (Å²) in [4.78, 5) is 25.2. The third-order valence-corrected chi connectivity index (χ3v) is 2.71. The van der Waals surface area contributed by atoms with E-state index in [0.717, 1.165) is 11.7 Å². The van der Waals surface area contributed by atoms with Crippen molar-refractivity contribution in [2.24, 2.45) is 0 Å². The van der Waals surface area contributed by atoms with Crippen LogP contribution in [0.15, 0.2) is 6.20 Å². The van der Waals surface area contributed by atoms with Crippen LogP contribution in [0, 0.1) is 0 Å². The number of amides is 1. The average Bonchev–Trinajstić information content (AvgIpc) is 2.77. The Bertz CT molecular complexity index is 412. The van der Waals surface area contributed by atoms with Gasteiger partial charge in [-0.3, -0.25) is 9.59 Å². The predicted molar refractivity (Wildman–Crippen MR) is 67.3 cm³/mol. The van der Waals surface area contributed by atoms with E-state index in [1.54, 1.807) is 6.92 Å². The number of ether oxygens (including phenoxy) is 1. The van der Waals surface area contributed by atoms with Crippen molar-refractivity contribution in [1.82, 2.24) is 13.6 Å². The summed E-state index contributed by atoms with van der Waals surface area (Å²) in [6, 6.07) is 0. The average molecular weight is 271 g/mol. The van der Waals surface area contributed by atoms with Crippen LogP contribution >= 0.6 is 11.7 Å². The van der Waals surface area contributed by atoms with Gasteiger partial charge >= 0.3 is 5.97 Å². The maximum Gasteiger partial charge on any atom is 0.325 e. The number of esters is 1. The van der Waals surface area contributed by atoms with Crippen molar-refractivity contribution in [3.05, 3.63) is 11.9 Å². The van der Waals surface area contributed by atoms with Crippen LogP contribution in [0.4, 0.5) is 0 Å². The molecule has 18 heavy (non-hydrogen) atoms. The first-order valence-corrected chi connectivity index (χ1v) is 6.34. The van der Waals surface area contributed by atoms with E-state index in [1.807, 2.05) is 20.8 Å². The summed E-state index contributed by atoms with van der Waals surface area (Å²) in [5.41, 5.74) is -0.243. The highest BCUT2D eigenvalue weighted by atomic mass is 32.1. The van der Waals surface area contributed by atoms with Crippen LogP contribution in [0.3, 0.4) is 0 Å². The molecule has 1 amide bonds. The monoisotopic (exact) mass is 271 g/mol. The minimum Gasteiger partial charge on any atom is -0.465 e. The van der Waals surface area contributed by atoms with Gasteiger partial charge in [-0.25, -0.2) is 0 Å². The fourth-order valence-corrected chi connectivity index (χ4v) is 1.75. The van der Waals surface area contributed by atoms with E-state index < -0.39 is 11.5 Å². The van der Waals surface area contributed by atoms with Gasteiger partial charge in [-0.2, -0.15) is 8.75 Å². The molecule has 6 nitrogen and oxygen atoms in total. The molecule has 0 N–H and O–H groups in total. The van der Waals surface area contributed by atoms with Crippen LogP contribution < -0.4 is 0 Å². The van der Waals surface area contributed by atoms with Gasteiger partial charge in [-0.15, -0.1) is 0 Å². The van der Waals surface area contributed by atoms with Crippen LogP contribution in [0.25, 0.3) is 0 Å². The highest BCUT2D eigenvalue weighted by Gasteiger charge is 2.30. The molecule has 1 heterocycles. The lowest BCUT2D eigenvalue weighted by molar-refractivity contribution is -0.144. The quantitative estimate of drug-likeness (QED) is 0.773. The Balaban J connectivity index is 2.86. The zero-order valence-electron chi connectivity index (χ0n) is 11.0. The number of hydrogen-bond acceptors (Lipinski definition) is 6. The molecule has 0 saturated heterocycles. The minimum atomic E-state index is -0.493. The molecule has 0 aromatic carbocycles. The predicted octanol–water partition coefficient (Wildman–Crippen LogP) is 1.34. The zero-order chi connectivity index (χ0) is 13.8. The second kappa shape index (κ2) is 5.90. The topological polar surface area (TPSA) is 72.4 Å². The standard InChI is InChI=1S/C11H17N3O3S/c1-5-17-9(15)7-14(11(2,3)4)10(16)8-6-12-18-13-8/h6H,5,7H2,1-4H3. The third-order valence-electron chi connectivity index (χ3n) is 2.23. The molecule has 100 valence electrons. The number of aromatic nitrogens is 2. The lowest BCUT2D eigenvalue weighted by Gasteiger charge is -2.34. The Morgan fingerprint density at radius 1 is 1.44 bits per heavy atom. The van der Waals surface area contributed by atoms with Crippen LogP contribution in [-0.2, 0) is 9.53 Å². The van der Waals surface area contributed by atoms with Crippen molar-refractivity contribution in [3.8, 4) is 0 Å². The molecule has 0 saturated carbocycles. The van der Waals surface area contributed by atoms with E-state index in [-0.39, 0.29) is 18.1 Å². The van der Waals surface area contributed by atoms with Gasteiger partial charge in [-0.05, 0) is 27.7 Å². The minimum absolute atomic E-state index is 0.0896. The Morgan fingerprint density at radius 2 is 2.11 bits per heavy atom. The SMILES string of the molecule is CCOC(=O)CN(C(=O)c1cnsn1)C(C)(C)C. The van der Waals surface area contributed by atoms with E-state index in [0.29, 0.717) is 6.61 Å². The molecule has 0 radical (unpaired) electrons. The zero-order valence-corrected chi connectivity index (χ0v) is 11.8. The lowest BCUT2D eigenvalue weighted by atomic mass is 10.1. The Kier molecular flexibility index (Phi) is 4.77. The molecule has 1 aromatic rings. The highest BCUT2D eigenvalue weighted by molar-refractivity contribution is 6.99. The van der Waals surface area contributed by atoms with Gasteiger partial charge in [0.05, 0.1) is 24.5 Å². The number of nitrogens with zero attached hydrogens (tertiary/aromatic N) is 3. The smallest absolute Gasteiger partial charge is 0.325 e. The van der Waals surface area contributed by atoms with Crippen molar-refractivity contribution >= 4 is 23.6 Å². The van der Waals surface area contributed by atoms with Crippen molar-refractivity contribution in [3.63, 3.8) is 0 Å². The largest absolute Gasteiger partial charge is 0.465 e. The summed E-state index contributed by atoms with van der Waals surface area (Å²) in [7, 11) is 0. The molecule has 0 bridgehead atoms. The third kappa shape index (κ3) is 3.76. The molecule has 0 aliphatic heterocycles. The molecule has 0 aliphatic rings. The first-order chi connectivity index (χ1) is 8.36. The normalized spacial score (nSPS) is 11.1. The first-order valence-electron chi connectivity index (χ1n) is 5.61. The Hall–Kier alpha value is -1.50. The molecule has 0 aliphatic carbocycles. The van der Waals surface area contributed by atoms with Crippen LogP contribution in [0.2, 0.25) is 0 Å². The maximum atomic E-state index is 12.2. The summed E-state index contributed by atoms with van der Waals surface area (Å²) in [5, 5.41) is 0. The molecule has 0 fully saturated rings. The lowest BCUT2D eigenvalue weighted by Crippen LogP contribution is -2.48. The summed E-state index contributed by atoms with van der Waals surface area (Å²) in [6.07, 6.45) is 1.40. The number of carbonyl (C=O) groups is 2. The highest BCUT2D eigenvalue weighted by Crippen LogP contribution is 2.16. The van der Waals surface area contributed by atoms with Gasteiger partial charge in [0.15, 0.2) is 5.69 Å². The van der Waals surface area contributed by atoms with Crippen molar-refractivity contribution in [1.29, 1.82) is 0 Å². The summed E-state index contributed by atoms with van der Waals surface area (Å²) in [6.45, 7) is 7.49. The van der Waals surface area contributed by atoms with Crippen molar-refractivity contribution < 1.29 is 14.3 Å². The maximum absolute atomic E-state index is 12.2. The van der Waals surface area contributed by atoms with Gasteiger partial charge in [0.25, 0.3) is 5.91 Å². The number of carbonyl (C=O) groups excluding carboxylic acids is 2. The van der Waals surface area contributed by atoms with E-state index in [1.165, 1.54) is 11.1 Å². The van der Waals surface area contributed by atoms with E-state index >= 15 is 0 Å². The molecule has 0 atom stereocenters. The fourth-order valence-electron chi connectivity index (χ4n) is 1.35. The second-order valence-corrected chi connectivity index (χ2v) is 5.22. The molecular weight excluding hydrogens is 254 g/mol. The van der Waals surface area contributed by atoms with Crippen LogP contribution in [0.1, 0.15) is 38.2 Å². The van der Waals surface area contributed by atoms with Gasteiger partial charge in [-0.1, -0.05) is 0 Å². The molecular formula is C11H17N3O3S. The molecule has 1 rings (SSSR count). The van der Waals surface area contributed by atoms with Gasteiger partial charge in [0.2, 0.25) is 0 Å². The van der Waals surface area contributed by atoms with Gasteiger partial charge in [0.1, 0.15) is 6.54 Å². The second-order valence-electron chi connectivity index (χ2n) is 4.66. The van der Waals surface area contributed by atoms with Gasteiger partial charge < -0.3 is 9.64 Å². The van der Waals surface area contributed by atoms with E-state index in [2.05, 4.69) is 8.75 Å². The van der Waals surface area contributed by atoms with Gasteiger partial charge in [0, 0.05) is 5.54 Å². The molecule has 1 aromatic heterocycles. The number of rotatable bonds is 4. The van der Waals surface area contributed by atoms with Crippen molar-refractivity contribution in [2.75, 3.05) is 13.2 Å². The first kappa shape index (κ1) is 14.6. The summed E-state index contributed by atoms with van der Waals surface area (Å²) in [5.74, 6) is -0.742. The summed E-state index contributed by atoms with van der Waals surface area (Å²) >= 11 is 0.961. The van der Waals surface area contributed by atoms with Crippen molar-refractivity contribution in [2.45, 2.75) is 33.2 Å². The fraction of sp³-hybridized carbons (Fsp3) is 0.636. The van der Waals surface area contributed by atoms with Crippen LogP contribution in [-0.4, -0.2) is 44.2 Å². The molecule has 0 spiro atoms. The molecule has 7 heteroatoms. The number of hydrogen-bond donors (Lipinski definition) is 0. The van der Waals surface area contributed by atoms with E-state index in [9.17, 15) is 9.59 Å². The Labute approximate surface area is 110 Å². The molecule has 0 unspecified atom stereocenters. The van der Waals surface area contributed by atoms with Crippen LogP contribution in [0.5, 0.6) is 0 Å². The summed E-state index contributed by atoms with van der Waals surface area (Å²) < 4.78 is 12.5. The van der Waals surface area contributed by atoms with E-state index in [4.69, 9.17) is 4.74 Å². The Morgan fingerprint density at radius 3 is 2.56 bits per heavy atom.